The van der Waals surface area contributed by atoms with Gasteiger partial charge in [-0.25, -0.2) is 4.79 Å². The van der Waals surface area contributed by atoms with Gasteiger partial charge >= 0.3 is 5.97 Å². The first kappa shape index (κ1) is 13.7. The minimum atomic E-state index is -0.415. The van der Waals surface area contributed by atoms with E-state index in [4.69, 9.17) is 10.5 Å². The summed E-state index contributed by atoms with van der Waals surface area (Å²) in [5, 5.41) is 0. The van der Waals surface area contributed by atoms with E-state index in [0.717, 1.165) is 42.9 Å². The molecule has 4 nitrogen and oxygen atoms in total. The molecule has 0 atom stereocenters. The first-order valence-electron chi connectivity index (χ1n) is 5.72. The van der Waals surface area contributed by atoms with Crippen LogP contribution in [0.2, 0.25) is 0 Å². The molecule has 0 spiro atoms. The first-order valence-corrected chi connectivity index (χ1v) is 6.50. The summed E-state index contributed by atoms with van der Waals surface area (Å²) in [4.78, 5) is 12.0. The van der Waals surface area contributed by atoms with Crippen molar-refractivity contribution in [3.05, 3.63) is 23.2 Å². The van der Waals surface area contributed by atoms with Crippen molar-refractivity contribution in [2.45, 2.75) is 32.6 Å². The highest BCUT2D eigenvalue weighted by Crippen LogP contribution is 2.24. The number of hydrogen-bond acceptors (Lipinski definition) is 5. The number of carbonyl (C=O) groups excluding carboxylic acids is 1. The van der Waals surface area contributed by atoms with Gasteiger partial charge in [-0.2, -0.15) is 4.37 Å². The predicted molar refractivity (Wildman–Crippen MR) is 70.2 cm³/mol. The van der Waals surface area contributed by atoms with Crippen molar-refractivity contribution in [3.63, 3.8) is 0 Å². The molecule has 1 aromatic heterocycles. The molecule has 0 fully saturated rings. The number of hydrogen-bond donors (Lipinski definition) is 1. The van der Waals surface area contributed by atoms with Crippen molar-refractivity contribution >= 4 is 23.2 Å². The van der Waals surface area contributed by atoms with Gasteiger partial charge in [-0.3, -0.25) is 0 Å². The Labute approximate surface area is 106 Å². The quantitative estimate of drug-likeness (QED) is 0.461. The van der Waals surface area contributed by atoms with E-state index >= 15 is 0 Å². The van der Waals surface area contributed by atoms with Crippen LogP contribution in [0.15, 0.2) is 12.7 Å². The Hall–Kier alpha value is -1.36. The van der Waals surface area contributed by atoms with Gasteiger partial charge in [0.05, 0.1) is 11.4 Å². The van der Waals surface area contributed by atoms with Gasteiger partial charge < -0.3 is 10.5 Å². The lowest BCUT2D eigenvalue weighted by atomic mass is 10.1. The van der Waals surface area contributed by atoms with Crippen LogP contribution in [0.3, 0.4) is 0 Å². The topological polar surface area (TPSA) is 65.2 Å². The Bertz CT molecular complexity index is 388. The fraction of sp³-hybridized carbons (Fsp3) is 0.500. The van der Waals surface area contributed by atoms with Gasteiger partial charge in [0.2, 0.25) is 0 Å². The summed E-state index contributed by atoms with van der Waals surface area (Å²) in [6.45, 7) is 5.82. The maximum atomic E-state index is 11.6. The number of unbranched alkanes of at least 4 members (excludes halogenated alkanes) is 2. The zero-order valence-corrected chi connectivity index (χ0v) is 10.9. The minimum absolute atomic E-state index is 0.196. The van der Waals surface area contributed by atoms with Crippen molar-refractivity contribution in [2.24, 2.45) is 0 Å². The summed E-state index contributed by atoms with van der Waals surface area (Å²) in [6, 6.07) is 0. The Kier molecular flexibility index (Phi) is 5.69. The fourth-order valence-electron chi connectivity index (χ4n) is 1.40. The van der Waals surface area contributed by atoms with E-state index in [2.05, 4.69) is 17.9 Å². The lowest BCUT2D eigenvalue weighted by molar-refractivity contribution is 0.0556. The van der Waals surface area contributed by atoms with E-state index in [-0.39, 0.29) is 6.61 Å². The number of rotatable bonds is 7. The van der Waals surface area contributed by atoms with Crippen molar-refractivity contribution in [1.82, 2.24) is 4.37 Å². The highest BCUT2D eigenvalue weighted by Gasteiger charge is 2.17. The Morgan fingerprint density at radius 3 is 3.00 bits per heavy atom. The Morgan fingerprint density at radius 1 is 1.59 bits per heavy atom. The van der Waals surface area contributed by atoms with Crippen molar-refractivity contribution in [1.29, 1.82) is 0 Å². The number of aryl methyl sites for hydroxylation is 1. The molecule has 1 rings (SSSR count). The van der Waals surface area contributed by atoms with Crippen LogP contribution in [-0.4, -0.2) is 16.9 Å². The van der Waals surface area contributed by atoms with Gasteiger partial charge in [0.1, 0.15) is 6.61 Å². The van der Waals surface area contributed by atoms with E-state index in [1.54, 1.807) is 0 Å². The average Bonchev–Trinajstić information content (AvgIpc) is 2.68. The lowest BCUT2D eigenvalue weighted by Crippen LogP contribution is -2.06. The third-order valence-electron chi connectivity index (χ3n) is 2.34. The van der Waals surface area contributed by atoms with Crippen LogP contribution in [0.1, 0.15) is 41.6 Å². The van der Waals surface area contributed by atoms with Crippen LogP contribution in [0.5, 0.6) is 0 Å². The molecule has 0 unspecified atom stereocenters. The summed E-state index contributed by atoms with van der Waals surface area (Å²) < 4.78 is 9.14. The number of nitrogens with two attached hydrogens (primary N) is 1. The molecule has 94 valence electrons. The average molecular weight is 254 g/mol. The largest absolute Gasteiger partial charge is 0.457 e. The van der Waals surface area contributed by atoms with Gasteiger partial charge in [-0.1, -0.05) is 32.4 Å². The SMILES string of the molecule is C=CCOC(=O)c1snc(CCCCC)c1N. The molecule has 0 radical (unpaired) electrons. The molecule has 0 aliphatic carbocycles. The third-order valence-corrected chi connectivity index (χ3v) is 3.22. The van der Waals surface area contributed by atoms with Crippen LogP contribution in [0.4, 0.5) is 5.69 Å². The standard InChI is InChI=1S/C12H18N2O2S/c1-3-5-6-7-9-10(13)11(17-14-9)12(15)16-8-4-2/h4H,2-3,5-8,13H2,1H3. The van der Waals surface area contributed by atoms with Crippen LogP contribution < -0.4 is 5.73 Å². The number of carbonyl (C=O) groups is 1. The zero-order valence-electron chi connectivity index (χ0n) is 10.1. The van der Waals surface area contributed by atoms with E-state index in [9.17, 15) is 4.79 Å². The van der Waals surface area contributed by atoms with E-state index in [0.29, 0.717) is 10.6 Å². The molecule has 0 saturated heterocycles. The molecule has 5 heteroatoms. The van der Waals surface area contributed by atoms with Gasteiger partial charge in [0, 0.05) is 0 Å². The highest BCUT2D eigenvalue weighted by molar-refractivity contribution is 7.08. The summed E-state index contributed by atoms with van der Waals surface area (Å²) in [5.41, 5.74) is 7.17. The number of esters is 1. The minimum Gasteiger partial charge on any atom is -0.457 e. The molecule has 1 aromatic rings. The molecule has 0 aliphatic rings. The second-order valence-corrected chi connectivity index (χ2v) is 4.49. The van der Waals surface area contributed by atoms with E-state index in [1.165, 1.54) is 6.08 Å². The van der Waals surface area contributed by atoms with Crippen molar-refractivity contribution < 1.29 is 9.53 Å². The Morgan fingerprint density at radius 2 is 2.35 bits per heavy atom. The molecule has 0 aromatic carbocycles. The number of anilines is 1. The molecule has 0 saturated carbocycles. The number of nitrogens with zero attached hydrogens (tertiary/aromatic N) is 1. The zero-order chi connectivity index (χ0) is 12.7. The van der Waals surface area contributed by atoms with Gasteiger partial charge in [-0.05, 0) is 24.4 Å². The normalized spacial score (nSPS) is 10.2. The van der Waals surface area contributed by atoms with Gasteiger partial charge in [0.15, 0.2) is 4.88 Å². The summed E-state index contributed by atoms with van der Waals surface area (Å²) >= 11 is 1.11. The van der Waals surface area contributed by atoms with Crippen LogP contribution in [-0.2, 0) is 11.2 Å². The summed E-state index contributed by atoms with van der Waals surface area (Å²) in [7, 11) is 0. The van der Waals surface area contributed by atoms with E-state index < -0.39 is 5.97 Å². The van der Waals surface area contributed by atoms with Gasteiger partial charge in [-0.15, -0.1) is 0 Å². The first-order chi connectivity index (χ1) is 8.20. The molecular weight excluding hydrogens is 236 g/mol. The maximum absolute atomic E-state index is 11.6. The number of nitrogen functional groups attached to an aromatic ring is 1. The Balaban J connectivity index is 2.62. The van der Waals surface area contributed by atoms with E-state index in [1.807, 2.05) is 0 Å². The molecule has 0 aliphatic heterocycles. The van der Waals surface area contributed by atoms with Crippen molar-refractivity contribution in [3.8, 4) is 0 Å². The molecule has 0 bridgehead atoms. The fourth-order valence-corrected chi connectivity index (χ4v) is 2.14. The number of aromatic nitrogens is 1. The summed E-state index contributed by atoms with van der Waals surface area (Å²) in [6.07, 6.45) is 5.69. The van der Waals surface area contributed by atoms with Crippen molar-refractivity contribution in [2.75, 3.05) is 12.3 Å². The van der Waals surface area contributed by atoms with Crippen LogP contribution in [0.25, 0.3) is 0 Å². The lowest BCUT2D eigenvalue weighted by Gasteiger charge is -2.00. The molecule has 0 amide bonds. The monoisotopic (exact) mass is 254 g/mol. The van der Waals surface area contributed by atoms with Crippen LogP contribution >= 0.6 is 11.5 Å². The maximum Gasteiger partial charge on any atom is 0.352 e. The summed E-state index contributed by atoms with van der Waals surface area (Å²) in [5.74, 6) is -0.415. The second-order valence-electron chi connectivity index (χ2n) is 3.72. The third kappa shape index (κ3) is 3.85. The second kappa shape index (κ2) is 7.06. The predicted octanol–water partition coefficient (Wildman–Crippen LogP) is 2.80. The highest BCUT2D eigenvalue weighted by atomic mass is 32.1. The van der Waals surface area contributed by atoms with Gasteiger partial charge in [0.25, 0.3) is 0 Å². The molecular formula is C12H18N2O2S. The molecule has 1 heterocycles. The smallest absolute Gasteiger partial charge is 0.352 e. The molecule has 17 heavy (non-hydrogen) atoms. The number of ether oxygens (including phenoxy) is 1. The van der Waals surface area contributed by atoms with Crippen LogP contribution in [0, 0.1) is 0 Å². The molecule has 2 N–H and O–H groups in total.